The minimum Gasteiger partial charge on any atom is -0.396 e. The van der Waals surface area contributed by atoms with Crippen LogP contribution in [0.1, 0.15) is 25.7 Å². The Balaban J connectivity index is 2.03. The van der Waals surface area contributed by atoms with Crippen molar-refractivity contribution in [1.82, 2.24) is 10.6 Å². The number of unbranched alkanes of at least 4 members (excludes halogenated alkanes) is 1. The molecule has 1 unspecified atom stereocenters. The number of hydrogen-bond acceptors (Lipinski definition) is 3. The van der Waals surface area contributed by atoms with Gasteiger partial charge >= 0.3 is 0 Å². The molecule has 13 heavy (non-hydrogen) atoms. The third-order valence-corrected chi connectivity index (χ3v) is 2.26. The van der Waals surface area contributed by atoms with Crippen LogP contribution in [0.3, 0.4) is 0 Å². The highest BCUT2D eigenvalue weighted by Gasteiger charge is 2.20. The van der Waals surface area contributed by atoms with Gasteiger partial charge in [0.15, 0.2) is 0 Å². The van der Waals surface area contributed by atoms with Gasteiger partial charge < -0.3 is 15.7 Å². The summed E-state index contributed by atoms with van der Waals surface area (Å²) < 4.78 is 0. The van der Waals surface area contributed by atoms with Crippen molar-refractivity contribution < 1.29 is 9.90 Å². The lowest BCUT2D eigenvalue weighted by molar-refractivity contribution is -0.122. The Morgan fingerprint density at radius 1 is 1.54 bits per heavy atom. The fourth-order valence-electron chi connectivity index (χ4n) is 1.48. The zero-order chi connectivity index (χ0) is 9.52. The van der Waals surface area contributed by atoms with Crippen LogP contribution in [0.5, 0.6) is 0 Å². The fraction of sp³-hybridized carbons (Fsp3) is 0.889. The maximum Gasteiger partial charge on any atom is 0.237 e. The lowest BCUT2D eigenvalue weighted by atomic mass is 10.2. The number of aliphatic hydroxyl groups is 1. The molecular formula is C9H18N2O2. The molecule has 4 nitrogen and oxygen atoms in total. The van der Waals surface area contributed by atoms with Crippen molar-refractivity contribution in [3.63, 3.8) is 0 Å². The van der Waals surface area contributed by atoms with Crippen LogP contribution in [0.15, 0.2) is 0 Å². The van der Waals surface area contributed by atoms with E-state index in [9.17, 15) is 4.79 Å². The average molecular weight is 186 g/mol. The molecule has 1 aliphatic heterocycles. The molecule has 1 aliphatic rings. The van der Waals surface area contributed by atoms with Gasteiger partial charge in [-0.25, -0.2) is 0 Å². The molecule has 0 aromatic carbocycles. The summed E-state index contributed by atoms with van der Waals surface area (Å²) >= 11 is 0. The van der Waals surface area contributed by atoms with Gasteiger partial charge in [0, 0.05) is 13.2 Å². The topological polar surface area (TPSA) is 61.4 Å². The highest BCUT2D eigenvalue weighted by atomic mass is 16.2. The van der Waals surface area contributed by atoms with E-state index in [0.29, 0.717) is 6.54 Å². The first-order valence-electron chi connectivity index (χ1n) is 4.96. The highest BCUT2D eigenvalue weighted by Crippen LogP contribution is 2.04. The van der Waals surface area contributed by atoms with Crippen molar-refractivity contribution in [2.45, 2.75) is 31.7 Å². The third kappa shape index (κ3) is 3.74. The second-order valence-electron chi connectivity index (χ2n) is 3.37. The normalized spacial score (nSPS) is 21.8. The van der Waals surface area contributed by atoms with E-state index in [0.717, 1.165) is 32.2 Å². The van der Waals surface area contributed by atoms with Crippen molar-refractivity contribution in [3.05, 3.63) is 0 Å². The molecule has 0 radical (unpaired) electrons. The Morgan fingerprint density at radius 2 is 2.38 bits per heavy atom. The van der Waals surface area contributed by atoms with Gasteiger partial charge in [-0.3, -0.25) is 4.79 Å². The predicted molar refractivity (Wildman–Crippen MR) is 50.4 cm³/mol. The standard InChI is InChI=1S/C9H18N2O2/c12-7-2-1-5-11-9(13)8-4-3-6-10-8/h8,10,12H,1-7H2,(H,11,13). The van der Waals surface area contributed by atoms with Gasteiger partial charge in [0.1, 0.15) is 0 Å². The van der Waals surface area contributed by atoms with E-state index in [-0.39, 0.29) is 18.6 Å². The number of aliphatic hydroxyl groups excluding tert-OH is 1. The number of carbonyl (C=O) groups excluding carboxylic acids is 1. The van der Waals surface area contributed by atoms with Crippen molar-refractivity contribution in [2.75, 3.05) is 19.7 Å². The molecule has 3 N–H and O–H groups in total. The summed E-state index contributed by atoms with van der Waals surface area (Å²) in [5, 5.41) is 14.5. The summed E-state index contributed by atoms with van der Waals surface area (Å²) in [6, 6.07) is 0.0223. The second-order valence-corrected chi connectivity index (χ2v) is 3.37. The minimum absolute atomic E-state index is 0.0223. The first kappa shape index (κ1) is 10.5. The maximum atomic E-state index is 11.4. The quantitative estimate of drug-likeness (QED) is 0.513. The first-order chi connectivity index (χ1) is 6.34. The smallest absolute Gasteiger partial charge is 0.237 e. The van der Waals surface area contributed by atoms with E-state index in [4.69, 9.17) is 5.11 Å². The van der Waals surface area contributed by atoms with Crippen LogP contribution >= 0.6 is 0 Å². The van der Waals surface area contributed by atoms with Crippen LogP contribution in [0.2, 0.25) is 0 Å². The van der Waals surface area contributed by atoms with Gasteiger partial charge in [-0.15, -0.1) is 0 Å². The summed E-state index contributed by atoms with van der Waals surface area (Å²) in [6.45, 7) is 1.84. The molecule has 1 saturated heterocycles. The number of hydrogen-bond donors (Lipinski definition) is 3. The molecule has 1 atom stereocenters. The van der Waals surface area contributed by atoms with Gasteiger partial charge in [0.05, 0.1) is 6.04 Å². The van der Waals surface area contributed by atoms with Gasteiger partial charge in [-0.2, -0.15) is 0 Å². The van der Waals surface area contributed by atoms with Crippen molar-refractivity contribution in [1.29, 1.82) is 0 Å². The van der Waals surface area contributed by atoms with E-state index < -0.39 is 0 Å². The van der Waals surface area contributed by atoms with Crippen molar-refractivity contribution in [3.8, 4) is 0 Å². The van der Waals surface area contributed by atoms with E-state index in [1.54, 1.807) is 0 Å². The van der Waals surface area contributed by atoms with Crippen LogP contribution in [-0.4, -0.2) is 36.8 Å². The monoisotopic (exact) mass is 186 g/mol. The Bertz CT molecular complexity index is 156. The predicted octanol–water partition coefficient (Wildman–Crippen LogP) is -0.373. The van der Waals surface area contributed by atoms with E-state index in [1.807, 2.05) is 0 Å². The summed E-state index contributed by atoms with van der Waals surface area (Å²) in [4.78, 5) is 11.4. The molecule has 0 aliphatic carbocycles. The van der Waals surface area contributed by atoms with E-state index in [2.05, 4.69) is 10.6 Å². The molecule has 0 bridgehead atoms. The van der Waals surface area contributed by atoms with E-state index in [1.165, 1.54) is 0 Å². The summed E-state index contributed by atoms with van der Waals surface area (Å²) in [5.74, 6) is 0.107. The van der Waals surface area contributed by atoms with Crippen molar-refractivity contribution in [2.24, 2.45) is 0 Å². The molecule has 0 saturated carbocycles. The zero-order valence-corrected chi connectivity index (χ0v) is 7.88. The van der Waals surface area contributed by atoms with Crippen LogP contribution < -0.4 is 10.6 Å². The number of carbonyl (C=O) groups is 1. The van der Waals surface area contributed by atoms with E-state index >= 15 is 0 Å². The molecule has 1 fully saturated rings. The fourth-order valence-corrected chi connectivity index (χ4v) is 1.48. The number of rotatable bonds is 5. The molecular weight excluding hydrogens is 168 g/mol. The Morgan fingerprint density at radius 3 is 3.00 bits per heavy atom. The Labute approximate surface area is 78.7 Å². The summed E-state index contributed by atoms with van der Waals surface area (Å²) in [5.41, 5.74) is 0. The first-order valence-corrected chi connectivity index (χ1v) is 4.96. The molecule has 0 aromatic rings. The van der Waals surface area contributed by atoms with Gasteiger partial charge in [-0.05, 0) is 32.2 Å². The molecule has 1 rings (SSSR count). The molecule has 1 amide bonds. The molecule has 76 valence electrons. The van der Waals surface area contributed by atoms with Gasteiger partial charge in [0.2, 0.25) is 5.91 Å². The number of nitrogens with one attached hydrogen (secondary N) is 2. The summed E-state index contributed by atoms with van der Waals surface area (Å²) in [7, 11) is 0. The SMILES string of the molecule is O=C(NCCCCO)C1CCCN1. The molecule has 0 spiro atoms. The maximum absolute atomic E-state index is 11.4. The second kappa shape index (κ2) is 5.94. The van der Waals surface area contributed by atoms with Gasteiger partial charge in [0.25, 0.3) is 0 Å². The molecule has 4 heteroatoms. The van der Waals surface area contributed by atoms with Crippen LogP contribution in [0, 0.1) is 0 Å². The largest absolute Gasteiger partial charge is 0.396 e. The Hall–Kier alpha value is -0.610. The van der Waals surface area contributed by atoms with Crippen LogP contribution in [0.25, 0.3) is 0 Å². The number of amides is 1. The molecule has 1 heterocycles. The molecule has 0 aromatic heterocycles. The van der Waals surface area contributed by atoms with Crippen LogP contribution in [0.4, 0.5) is 0 Å². The lowest BCUT2D eigenvalue weighted by Gasteiger charge is -2.10. The van der Waals surface area contributed by atoms with Crippen molar-refractivity contribution >= 4 is 5.91 Å². The average Bonchev–Trinajstić information content (AvgIpc) is 2.65. The zero-order valence-electron chi connectivity index (χ0n) is 7.88. The summed E-state index contributed by atoms with van der Waals surface area (Å²) in [6.07, 6.45) is 3.66. The Kier molecular flexibility index (Phi) is 4.78. The highest BCUT2D eigenvalue weighted by molar-refractivity contribution is 5.81. The minimum atomic E-state index is 0.0223. The third-order valence-electron chi connectivity index (χ3n) is 2.26. The van der Waals surface area contributed by atoms with Crippen LogP contribution in [-0.2, 0) is 4.79 Å². The van der Waals surface area contributed by atoms with Gasteiger partial charge in [-0.1, -0.05) is 0 Å². The lowest BCUT2D eigenvalue weighted by Crippen LogP contribution is -2.40.